The fourth-order valence-electron chi connectivity index (χ4n) is 0.680. The Morgan fingerprint density at radius 3 is 2.40 bits per heavy atom. The van der Waals surface area contributed by atoms with Crippen molar-refractivity contribution < 1.29 is 14.7 Å². The minimum absolute atomic E-state index is 0.426. The van der Waals surface area contributed by atoms with Gasteiger partial charge in [0.2, 0.25) is 0 Å². The van der Waals surface area contributed by atoms with E-state index in [-0.39, 0.29) is 0 Å². The molecule has 0 unspecified atom stereocenters. The molecule has 0 fully saturated rings. The molecule has 2 N–H and O–H groups in total. The molecule has 0 rings (SSSR count). The molecule has 0 radical (unpaired) electrons. The van der Waals surface area contributed by atoms with E-state index in [1.54, 1.807) is 0 Å². The standard InChI is InChI=1S/C6H15BO3/c1-6(2)4-3-5-10-7(8)9/h6,8-9H,3-5H2,1-2H3. The molecule has 0 aliphatic heterocycles. The smallest absolute Gasteiger partial charge is 0.402 e. The van der Waals surface area contributed by atoms with Crippen LogP contribution in [0.5, 0.6) is 0 Å². The molecule has 0 heterocycles. The lowest BCUT2D eigenvalue weighted by Gasteiger charge is -2.04. The third-order valence-corrected chi connectivity index (χ3v) is 1.19. The highest BCUT2D eigenvalue weighted by atomic mass is 16.6. The Morgan fingerprint density at radius 1 is 1.40 bits per heavy atom. The SMILES string of the molecule is CC(C)CCCOB(O)O. The van der Waals surface area contributed by atoms with Crippen LogP contribution in [0.1, 0.15) is 26.7 Å². The summed E-state index contributed by atoms with van der Waals surface area (Å²) in [6, 6.07) is 0. The first-order valence-corrected chi connectivity index (χ1v) is 3.60. The lowest BCUT2D eigenvalue weighted by molar-refractivity contribution is 0.180. The maximum absolute atomic E-state index is 8.25. The van der Waals surface area contributed by atoms with Crippen molar-refractivity contribution in [3.63, 3.8) is 0 Å². The van der Waals surface area contributed by atoms with Crippen LogP contribution in [0.4, 0.5) is 0 Å². The van der Waals surface area contributed by atoms with E-state index in [2.05, 4.69) is 18.5 Å². The van der Waals surface area contributed by atoms with E-state index in [1.807, 2.05) is 0 Å². The van der Waals surface area contributed by atoms with Crippen LogP contribution in [0.15, 0.2) is 0 Å². The second kappa shape index (κ2) is 5.71. The van der Waals surface area contributed by atoms with Crippen LogP contribution < -0.4 is 0 Å². The third kappa shape index (κ3) is 7.94. The van der Waals surface area contributed by atoms with E-state index in [4.69, 9.17) is 10.0 Å². The normalized spacial score (nSPS) is 10.5. The first-order valence-electron chi connectivity index (χ1n) is 3.60. The zero-order valence-corrected chi connectivity index (χ0v) is 6.58. The molecule has 0 aliphatic rings. The highest BCUT2D eigenvalue weighted by Crippen LogP contribution is 2.02. The summed E-state index contributed by atoms with van der Waals surface area (Å²) in [5.41, 5.74) is 0. The summed E-state index contributed by atoms with van der Waals surface area (Å²) in [7, 11) is -1.60. The first kappa shape index (κ1) is 9.94. The fourth-order valence-corrected chi connectivity index (χ4v) is 0.680. The van der Waals surface area contributed by atoms with Crippen LogP contribution in [0.3, 0.4) is 0 Å². The molecule has 0 aliphatic carbocycles. The van der Waals surface area contributed by atoms with Gasteiger partial charge >= 0.3 is 7.32 Å². The summed E-state index contributed by atoms with van der Waals surface area (Å²) < 4.78 is 4.50. The van der Waals surface area contributed by atoms with Crippen LogP contribution in [-0.2, 0) is 4.65 Å². The number of hydrogen-bond donors (Lipinski definition) is 2. The minimum atomic E-state index is -1.60. The fraction of sp³-hybridized carbons (Fsp3) is 1.00. The van der Waals surface area contributed by atoms with Crippen LogP contribution in [0, 0.1) is 5.92 Å². The van der Waals surface area contributed by atoms with Crippen molar-refractivity contribution in [1.82, 2.24) is 0 Å². The van der Waals surface area contributed by atoms with Crippen LogP contribution >= 0.6 is 0 Å². The Kier molecular flexibility index (Phi) is 5.68. The van der Waals surface area contributed by atoms with Gasteiger partial charge in [-0.15, -0.1) is 0 Å². The summed E-state index contributed by atoms with van der Waals surface area (Å²) in [6.07, 6.45) is 1.95. The predicted molar refractivity (Wildman–Crippen MR) is 40.2 cm³/mol. The van der Waals surface area contributed by atoms with Gasteiger partial charge in [0.1, 0.15) is 0 Å². The van der Waals surface area contributed by atoms with Crippen molar-refractivity contribution >= 4 is 7.32 Å². The zero-order valence-electron chi connectivity index (χ0n) is 6.58. The molecule has 4 heteroatoms. The molecule has 0 spiro atoms. The molecule has 10 heavy (non-hydrogen) atoms. The molecule has 60 valence electrons. The van der Waals surface area contributed by atoms with E-state index < -0.39 is 7.32 Å². The van der Waals surface area contributed by atoms with Crippen molar-refractivity contribution in [2.45, 2.75) is 26.7 Å². The van der Waals surface area contributed by atoms with Crippen LogP contribution in [0.2, 0.25) is 0 Å². The molecule has 0 aromatic carbocycles. The van der Waals surface area contributed by atoms with Gasteiger partial charge in [0, 0.05) is 6.61 Å². The third-order valence-electron chi connectivity index (χ3n) is 1.19. The van der Waals surface area contributed by atoms with E-state index in [1.165, 1.54) is 0 Å². The minimum Gasteiger partial charge on any atom is -0.402 e. The topological polar surface area (TPSA) is 49.7 Å². The average molecular weight is 146 g/mol. The van der Waals surface area contributed by atoms with Gasteiger partial charge in [-0.3, -0.25) is 0 Å². The molecule has 3 nitrogen and oxygen atoms in total. The molecule has 0 aromatic rings. The van der Waals surface area contributed by atoms with Crippen LogP contribution in [-0.4, -0.2) is 24.0 Å². The van der Waals surface area contributed by atoms with Gasteiger partial charge in [-0.25, -0.2) is 0 Å². The molecule has 0 amide bonds. The molecular weight excluding hydrogens is 131 g/mol. The molecule has 0 atom stereocenters. The Labute approximate surface area is 62.2 Å². The van der Waals surface area contributed by atoms with Crippen molar-refractivity contribution in [1.29, 1.82) is 0 Å². The van der Waals surface area contributed by atoms with Crippen molar-refractivity contribution in [2.75, 3.05) is 6.61 Å². The predicted octanol–water partition coefficient (Wildman–Crippen LogP) is 0.409. The quantitative estimate of drug-likeness (QED) is 0.436. The molecule has 0 saturated heterocycles. The molecule has 0 aromatic heterocycles. The van der Waals surface area contributed by atoms with E-state index in [9.17, 15) is 0 Å². The highest BCUT2D eigenvalue weighted by molar-refractivity contribution is 6.32. The van der Waals surface area contributed by atoms with Gasteiger partial charge in [-0.05, 0) is 18.8 Å². The summed E-state index contributed by atoms with van der Waals surface area (Å²) in [6.45, 7) is 4.67. The van der Waals surface area contributed by atoms with Gasteiger partial charge < -0.3 is 14.7 Å². The summed E-state index contributed by atoms with van der Waals surface area (Å²) >= 11 is 0. The Morgan fingerprint density at radius 2 is 2.00 bits per heavy atom. The van der Waals surface area contributed by atoms with Gasteiger partial charge in [0.15, 0.2) is 0 Å². The highest BCUT2D eigenvalue weighted by Gasteiger charge is 2.06. The van der Waals surface area contributed by atoms with E-state index in [0.717, 1.165) is 12.8 Å². The lowest BCUT2D eigenvalue weighted by atomic mass is 10.1. The van der Waals surface area contributed by atoms with Gasteiger partial charge in [-0.1, -0.05) is 13.8 Å². The van der Waals surface area contributed by atoms with Crippen LogP contribution in [0.25, 0.3) is 0 Å². The Hall–Kier alpha value is -0.0551. The summed E-state index contributed by atoms with van der Waals surface area (Å²) in [5.74, 6) is 0.652. The molecule has 0 saturated carbocycles. The maximum atomic E-state index is 8.25. The van der Waals surface area contributed by atoms with Gasteiger partial charge in [-0.2, -0.15) is 0 Å². The number of hydrogen-bond acceptors (Lipinski definition) is 3. The first-order chi connectivity index (χ1) is 4.63. The van der Waals surface area contributed by atoms with Crippen molar-refractivity contribution in [3.05, 3.63) is 0 Å². The zero-order chi connectivity index (χ0) is 7.98. The van der Waals surface area contributed by atoms with Crippen molar-refractivity contribution in [3.8, 4) is 0 Å². The van der Waals surface area contributed by atoms with E-state index in [0.29, 0.717) is 12.5 Å². The second-order valence-electron chi connectivity index (χ2n) is 2.73. The maximum Gasteiger partial charge on any atom is 0.633 e. The van der Waals surface area contributed by atoms with Gasteiger partial charge in [0.05, 0.1) is 0 Å². The Balaban J connectivity index is 2.91. The number of rotatable bonds is 5. The summed E-state index contributed by atoms with van der Waals surface area (Å²) in [4.78, 5) is 0. The Bertz CT molecular complexity index is 65.4. The van der Waals surface area contributed by atoms with Crippen molar-refractivity contribution in [2.24, 2.45) is 5.92 Å². The average Bonchev–Trinajstić information content (AvgIpc) is 1.79. The molecular formula is C6H15BO3. The monoisotopic (exact) mass is 146 g/mol. The van der Waals surface area contributed by atoms with Gasteiger partial charge in [0.25, 0.3) is 0 Å². The lowest BCUT2D eigenvalue weighted by Crippen LogP contribution is -2.17. The largest absolute Gasteiger partial charge is 0.633 e. The molecule has 0 bridgehead atoms. The second-order valence-corrected chi connectivity index (χ2v) is 2.73. The van der Waals surface area contributed by atoms with E-state index >= 15 is 0 Å². The summed E-state index contributed by atoms with van der Waals surface area (Å²) in [5, 5.41) is 16.5.